The van der Waals surface area contributed by atoms with E-state index in [1.165, 1.54) is 11.3 Å². The SMILES string of the molecule is NC(=O)C1(OC(=O)C2CCN(C(=O)c3ccc(Br)s3)CC2)CCCC1. The summed E-state index contributed by atoms with van der Waals surface area (Å²) in [5, 5.41) is 0. The van der Waals surface area contributed by atoms with Crippen LogP contribution in [-0.2, 0) is 14.3 Å². The van der Waals surface area contributed by atoms with E-state index in [-0.39, 0.29) is 17.8 Å². The molecular formula is C17H21BrN2O4S. The molecule has 2 amide bonds. The largest absolute Gasteiger partial charge is 0.449 e. The zero-order valence-corrected chi connectivity index (χ0v) is 16.2. The Morgan fingerprint density at radius 2 is 1.84 bits per heavy atom. The minimum Gasteiger partial charge on any atom is -0.449 e. The third-order valence-corrected chi connectivity index (χ3v) is 6.67. The van der Waals surface area contributed by atoms with E-state index in [1.807, 2.05) is 6.07 Å². The molecule has 2 N–H and O–H groups in total. The first-order valence-electron chi connectivity index (χ1n) is 8.49. The van der Waals surface area contributed by atoms with Crippen LogP contribution in [0.25, 0.3) is 0 Å². The number of rotatable bonds is 4. The fraction of sp³-hybridized carbons (Fsp3) is 0.588. The quantitative estimate of drug-likeness (QED) is 0.746. The van der Waals surface area contributed by atoms with Crippen LogP contribution in [-0.4, -0.2) is 41.4 Å². The summed E-state index contributed by atoms with van der Waals surface area (Å²) in [7, 11) is 0. The van der Waals surface area contributed by atoms with Crippen LogP contribution in [0.3, 0.4) is 0 Å². The van der Waals surface area contributed by atoms with Gasteiger partial charge in [0, 0.05) is 13.1 Å². The van der Waals surface area contributed by atoms with Gasteiger partial charge in [-0.3, -0.25) is 14.4 Å². The molecule has 1 aliphatic carbocycles. The van der Waals surface area contributed by atoms with Crippen LogP contribution in [0.5, 0.6) is 0 Å². The fourth-order valence-electron chi connectivity index (χ4n) is 3.52. The Kier molecular flexibility index (Phi) is 5.48. The van der Waals surface area contributed by atoms with Gasteiger partial charge in [-0.1, -0.05) is 0 Å². The minimum atomic E-state index is -1.12. The van der Waals surface area contributed by atoms with Gasteiger partial charge in [-0.05, 0) is 66.6 Å². The zero-order chi connectivity index (χ0) is 18.0. The highest BCUT2D eigenvalue weighted by Crippen LogP contribution is 2.35. The topological polar surface area (TPSA) is 89.7 Å². The summed E-state index contributed by atoms with van der Waals surface area (Å²) in [4.78, 5) is 39.1. The Morgan fingerprint density at radius 3 is 2.36 bits per heavy atom. The molecule has 0 radical (unpaired) electrons. The number of carbonyl (C=O) groups is 3. The normalized spacial score (nSPS) is 20.4. The minimum absolute atomic E-state index is 0.00748. The molecule has 0 aromatic carbocycles. The van der Waals surface area contributed by atoms with E-state index in [4.69, 9.17) is 10.5 Å². The first-order valence-corrected chi connectivity index (χ1v) is 10.1. The van der Waals surface area contributed by atoms with Gasteiger partial charge in [0.1, 0.15) is 0 Å². The van der Waals surface area contributed by atoms with Crippen LogP contribution >= 0.6 is 27.3 Å². The number of nitrogens with two attached hydrogens (primary N) is 1. The van der Waals surface area contributed by atoms with E-state index >= 15 is 0 Å². The molecule has 1 saturated carbocycles. The summed E-state index contributed by atoms with van der Waals surface area (Å²) in [5.74, 6) is -1.19. The summed E-state index contributed by atoms with van der Waals surface area (Å²) in [6.07, 6.45) is 3.81. The second kappa shape index (κ2) is 7.45. The molecular weight excluding hydrogens is 408 g/mol. The number of hydrogen-bond acceptors (Lipinski definition) is 5. The highest BCUT2D eigenvalue weighted by molar-refractivity contribution is 9.11. The third kappa shape index (κ3) is 3.89. The lowest BCUT2D eigenvalue weighted by atomic mass is 9.95. The van der Waals surface area contributed by atoms with Crippen LogP contribution in [0.2, 0.25) is 0 Å². The van der Waals surface area contributed by atoms with Crippen molar-refractivity contribution in [1.29, 1.82) is 0 Å². The maximum Gasteiger partial charge on any atom is 0.310 e. The highest BCUT2D eigenvalue weighted by Gasteiger charge is 2.45. The molecule has 6 nitrogen and oxygen atoms in total. The Labute approximate surface area is 158 Å². The molecule has 1 aromatic rings. The zero-order valence-electron chi connectivity index (χ0n) is 13.8. The van der Waals surface area contributed by atoms with Gasteiger partial charge in [0.25, 0.3) is 11.8 Å². The number of thiophene rings is 1. The second-order valence-corrected chi connectivity index (χ2v) is 9.12. The number of ether oxygens (including phenoxy) is 1. The maximum atomic E-state index is 12.5. The number of halogens is 1. The molecule has 0 atom stereocenters. The van der Waals surface area contributed by atoms with E-state index in [1.54, 1.807) is 11.0 Å². The number of piperidine rings is 1. The summed E-state index contributed by atoms with van der Waals surface area (Å²) >= 11 is 4.76. The van der Waals surface area contributed by atoms with Crippen molar-refractivity contribution >= 4 is 45.1 Å². The molecule has 25 heavy (non-hydrogen) atoms. The number of carbonyl (C=O) groups excluding carboxylic acids is 3. The van der Waals surface area contributed by atoms with E-state index in [0.29, 0.717) is 43.6 Å². The average Bonchev–Trinajstić information content (AvgIpc) is 3.24. The van der Waals surface area contributed by atoms with Crippen molar-refractivity contribution in [2.24, 2.45) is 11.7 Å². The first kappa shape index (κ1) is 18.4. The Morgan fingerprint density at radius 1 is 1.20 bits per heavy atom. The van der Waals surface area contributed by atoms with Gasteiger partial charge in [-0.2, -0.15) is 0 Å². The van der Waals surface area contributed by atoms with Gasteiger partial charge in [0.15, 0.2) is 5.60 Å². The predicted octanol–water partition coefficient (Wildman–Crippen LogP) is 2.70. The van der Waals surface area contributed by atoms with Gasteiger partial charge in [-0.15, -0.1) is 11.3 Å². The van der Waals surface area contributed by atoms with E-state index in [0.717, 1.165) is 16.6 Å². The maximum absolute atomic E-state index is 12.5. The van der Waals surface area contributed by atoms with Crippen molar-refractivity contribution in [3.8, 4) is 0 Å². The Balaban J connectivity index is 1.56. The van der Waals surface area contributed by atoms with Crippen LogP contribution < -0.4 is 5.73 Å². The van der Waals surface area contributed by atoms with Crippen LogP contribution in [0.15, 0.2) is 15.9 Å². The van der Waals surface area contributed by atoms with Gasteiger partial charge >= 0.3 is 5.97 Å². The number of primary amides is 1. The number of hydrogen-bond donors (Lipinski definition) is 1. The fourth-order valence-corrected chi connectivity index (χ4v) is 4.88. The third-order valence-electron chi connectivity index (χ3n) is 5.06. The molecule has 2 fully saturated rings. The highest BCUT2D eigenvalue weighted by atomic mass is 79.9. The van der Waals surface area contributed by atoms with E-state index in [2.05, 4.69) is 15.9 Å². The Hall–Kier alpha value is -1.41. The Bertz CT molecular complexity index is 676. The monoisotopic (exact) mass is 428 g/mol. The van der Waals surface area contributed by atoms with Gasteiger partial charge in [-0.25, -0.2) is 0 Å². The van der Waals surface area contributed by atoms with Crippen molar-refractivity contribution in [3.05, 3.63) is 20.8 Å². The number of esters is 1. The standard InChI is InChI=1S/C17H21BrN2O4S/c18-13-4-3-12(25-13)14(21)20-9-5-11(6-10-20)15(22)24-17(16(19)23)7-1-2-8-17/h3-4,11H,1-2,5-10H2,(H2,19,23). The van der Waals surface area contributed by atoms with Crippen molar-refractivity contribution < 1.29 is 19.1 Å². The lowest BCUT2D eigenvalue weighted by Gasteiger charge is -2.33. The molecule has 2 heterocycles. The first-order chi connectivity index (χ1) is 11.9. The molecule has 0 spiro atoms. The lowest BCUT2D eigenvalue weighted by Crippen LogP contribution is -2.48. The van der Waals surface area contributed by atoms with Gasteiger partial charge in [0.2, 0.25) is 0 Å². The predicted molar refractivity (Wildman–Crippen MR) is 97.1 cm³/mol. The van der Waals surface area contributed by atoms with Gasteiger partial charge in [0.05, 0.1) is 14.6 Å². The molecule has 2 aliphatic rings. The summed E-state index contributed by atoms with van der Waals surface area (Å²) in [5.41, 5.74) is 4.35. The summed E-state index contributed by atoms with van der Waals surface area (Å²) < 4.78 is 6.48. The second-order valence-electron chi connectivity index (χ2n) is 6.66. The van der Waals surface area contributed by atoms with Crippen molar-refractivity contribution in [2.75, 3.05) is 13.1 Å². The smallest absolute Gasteiger partial charge is 0.310 e. The van der Waals surface area contributed by atoms with E-state index < -0.39 is 11.5 Å². The molecule has 3 rings (SSSR count). The van der Waals surface area contributed by atoms with Crippen molar-refractivity contribution in [2.45, 2.75) is 44.1 Å². The number of amides is 2. The van der Waals surface area contributed by atoms with E-state index in [9.17, 15) is 14.4 Å². The molecule has 1 saturated heterocycles. The molecule has 1 aromatic heterocycles. The van der Waals surface area contributed by atoms with Crippen LogP contribution in [0, 0.1) is 5.92 Å². The van der Waals surface area contributed by atoms with Gasteiger partial charge < -0.3 is 15.4 Å². The molecule has 0 bridgehead atoms. The van der Waals surface area contributed by atoms with Crippen molar-refractivity contribution in [3.63, 3.8) is 0 Å². The average molecular weight is 429 g/mol. The molecule has 136 valence electrons. The number of nitrogens with zero attached hydrogens (tertiary/aromatic N) is 1. The molecule has 0 unspecified atom stereocenters. The molecule has 1 aliphatic heterocycles. The van der Waals surface area contributed by atoms with Crippen LogP contribution in [0.1, 0.15) is 48.2 Å². The molecule has 8 heteroatoms. The lowest BCUT2D eigenvalue weighted by molar-refractivity contribution is -0.171. The summed E-state index contributed by atoms with van der Waals surface area (Å²) in [6.45, 7) is 1.02. The van der Waals surface area contributed by atoms with Crippen molar-refractivity contribution in [1.82, 2.24) is 4.90 Å². The number of likely N-dealkylation sites (tertiary alicyclic amines) is 1. The van der Waals surface area contributed by atoms with Crippen LogP contribution in [0.4, 0.5) is 0 Å². The summed E-state index contributed by atoms with van der Waals surface area (Å²) in [6, 6.07) is 3.65.